The molecule has 0 aromatic heterocycles. The summed E-state index contributed by atoms with van der Waals surface area (Å²) >= 11 is 0. The molecule has 0 radical (unpaired) electrons. The molecule has 4 aliphatic carbocycles. The van der Waals surface area contributed by atoms with E-state index >= 15 is 0 Å². The fourth-order valence-electron chi connectivity index (χ4n) is 7.69. The molecule has 0 unspecified atom stereocenters. The van der Waals surface area contributed by atoms with Gasteiger partial charge in [-0.2, -0.15) is 0 Å². The molecule has 0 aromatic rings. The molecule has 2 N–H and O–H groups in total. The second-order valence-electron chi connectivity index (χ2n) is 9.77. The van der Waals surface area contributed by atoms with E-state index in [0.29, 0.717) is 11.3 Å². The van der Waals surface area contributed by atoms with E-state index in [2.05, 4.69) is 20.8 Å². The first-order valence-corrected chi connectivity index (χ1v) is 9.72. The Labute approximate surface area is 135 Å². The lowest BCUT2D eigenvalue weighted by atomic mass is 9.43. The van der Waals surface area contributed by atoms with Crippen molar-refractivity contribution in [2.75, 3.05) is 0 Å². The van der Waals surface area contributed by atoms with Gasteiger partial charge in [-0.15, -0.1) is 0 Å². The summed E-state index contributed by atoms with van der Waals surface area (Å²) in [6.45, 7) is 7.36. The lowest BCUT2D eigenvalue weighted by molar-refractivity contribution is -0.152. The van der Waals surface area contributed by atoms with Crippen molar-refractivity contribution in [1.82, 2.24) is 0 Å². The molecule has 0 aromatic carbocycles. The Hall–Kier alpha value is -0.0800. The van der Waals surface area contributed by atoms with Gasteiger partial charge >= 0.3 is 0 Å². The Balaban J connectivity index is 1.66. The average Bonchev–Trinajstić information content (AvgIpc) is 2.77. The molecule has 22 heavy (non-hydrogen) atoms. The summed E-state index contributed by atoms with van der Waals surface area (Å²) in [4.78, 5) is 0. The van der Waals surface area contributed by atoms with Crippen LogP contribution < -0.4 is 0 Å². The molecule has 4 fully saturated rings. The van der Waals surface area contributed by atoms with Crippen LogP contribution in [0.15, 0.2) is 0 Å². The molecular weight excluding hydrogens is 272 g/mol. The summed E-state index contributed by atoms with van der Waals surface area (Å²) in [6, 6.07) is 0. The van der Waals surface area contributed by atoms with Crippen LogP contribution >= 0.6 is 0 Å². The van der Waals surface area contributed by atoms with E-state index in [1.807, 2.05) is 0 Å². The molecule has 126 valence electrons. The highest BCUT2D eigenvalue weighted by atomic mass is 16.3. The number of rotatable bonds is 0. The zero-order valence-corrected chi connectivity index (χ0v) is 14.6. The largest absolute Gasteiger partial charge is 0.393 e. The number of hydrogen-bond acceptors (Lipinski definition) is 2. The topological polar surface area (TPSA) is 40.5 Å². The predicted octanol–water partition coefficient (Wildman–Crippen LogP) is 4.00. The maximum atomic E-state index is 10.5. The molecule has 0 saturated heterocycles. The third-order valence-corrected chi connectivity index (χ3v) is 8.95. The van der Waals surface area contributed by atoms with Crippen LogP contribution in [0.4, 0.5) is 0 Å². The van der Waals surface area contributed by atoms with Gasteiger partial charge in [-0.3, -0.25) is 0 Å². The molecule has 0 amide bonds. The first kappa shape index (κ1) is 15.4. The third kappa shape index (κ3) is 1.92. The van der Waals surface area contributed by atoms with Crippen molar-refractivity contribution < 1.29 is 10.2 Å². The molecule has 0 bridgehead atoms. The normalized spacial score (nSPS) is 61.2. The van der Waals surface area contributed by atoms with Crippen molar-refractivity contribution >= 4 is 0 Å². The molecule has 9 atom stereocenters. The van der Waals surface area contributed by atoms with Gasteiger partial charge in [0.2, 0.25) is 0 Å². The summed E-state index contributed by atoms with van der Waals surface area (Å²) in [7, 11) is 0. The maximum absolute atomic E-state index is 10.5. The minimum absolute atomic E-state index is 0.0563. The smallest absolute Gasteiger partial charge is 0.0596 e. The number of aliphatic hydroxyl groups excluding tert-OH is 2. The fourth-order valence-corrected chi connectivity index (χ4v) is 7.69. The van der Waals surface area contributed by atoms with E-state index in [1.54, 1.807) is 0 Å². The lowest BCUT2D eigenvalue weighted by Gasteiger charge is -2.62. The van der Waals surface area contributed by atoms with E-state index in [0.717, 1.165) is 42.9 Å². The van der Waals surface area contributed by atoms with Gasteiger partial charge in [-0.1, -0.05) is 20.8 Å². The highest BCUT2D eigenvalue weighted by molar-refractivity contribution is 5.10. The molecule has 0 aliphatic heterocycles. The molecule has 0 spiro atoms. The second kappa shape index (κ2) is 4.96. The van der Waals surface area contributed by atoms with E-state index in [1.165, 1.54) is 32.1 Å². The quantitative estimate of drug-likeness (QED) is 0.710. The van der Waals surface area contributed by atoms with Crippen molar-refractivity contribution in [1.29, 1.82) is 0 Å². The molecule has 0 heterocycles. The van der Waals surface area contributed by atoms with E-state index in [9.17, 15) is 10.2 Å². The van der Waals surface area contributed by atoms with Crippen LogP contribution in [0.3, 0.4) is 0 Å². The van der Waals surface area contributed by atoms with Crippen molar-refractivity contribution in [3.8, 4) is 0 Å². The summed E-state index contributed by atoms with van der Waals surface area (Å²) in [5.41, 5.74) is 0.634. The van der Waals surface area contributed by atoms with Gasteiger partial charge in [-0.25, -0.2) is 0 Å². The van der Waals surface area contributed by atoms with Gasteiger partial charge in [0.05, 0.1) is 12.2 Å². The van der Waals surface area contributed by atoms with Crippen LogP contribution in [0.25, 0.3) is 0 Å². The average molecular weight is 306 g/mol. The Bertz CT molecular complexity index is 449. The Morgan fingerprint density at radius 3 is 2.23 bits per heavy atom. The van der Waals surface area contributed by atoms with Gasteiger partial charge in [-0.05, 0) is 91.8 Å². The fraction of sp³-hybridized carbons (Fsp3) is 1.00. The van der Waals surface area contributed by atoms with Gasteiger partial charge in [0.15, 0.2) is 0 Å². The summed E-state index contributed by atoms with van der Waals surface area (Å²) < 4.78 is 0. The van der Waals surface area contributed by atoms with Gasteiger partial charge in [0.25, 0.3) is 0 Å². The van der Waals surface area contributed by atoms with Crippen LogP contribution in [0.2, 0.25) is 0 Å². The number of aliphatic hydroxyl groups is 2. The zero-order valence-electron chi connectivity index (χ0n) is 14.6. The number of hydrogen-bond donors (Lipinski definition) is 2. The van der Waals surface area contributed by atoms with Crippen molar-refractivity contribution in [3.63, 3.8) is 0 Å². The molecule has 2 heteroatoms. The monoisotopic (exact) mass is 306 g/mol. The highest BCUT2D eigenvalue weighted by Gasteiger charge is 2.61. The minimum atomic E-state index is -0.0625. The van der Waals surface area contributed by atoms with Crippen LogP contribution in [0, 0.1) is 40.4 Å². The van der Waals surface area contributed by atoms with Crippen molar-refractivity contribution in [3.05, 3.63) is 0 Å². The highest BCUT2D eigenvalue weighted by Crippen LogP contribution is 2.67. The lowest BCUT2D eigenvalue weighted by Crippen LogP contribution is -2.56. The summed E-state index contributed by atoms with van der Waals surface area (Å²) in [6.07, 6.45) is 9.28. The SMILES string of the molecule is C[C@H]1C[C@@H]2[C@H](CC[C@]3(C)[C@@H](O)CC[C@@H]23)[C@@]2(C)CC[C@@H](O)C[C@H]12. The molecule has 2 nitrogen and oxygen atoms in total. The third-order valence-electron chi connectivity index (χ3n) is 8.95. The van der Waals surface area contributed by atoms with E-state index < -0.39 is 0 Å². The Morgan fingerprint density at radius 2 is 1.45 bits per heavy atom. The molecule has 4 aliphatic rings. The Morgan fingerprint density at radius 1 is 0.773 bits per heavy atom. The molecule has 4 rings (SSSR count). The first-order valence-electron chi connectivity index (χ1n) is 9.72. The molecular formula is C20H34O2. The van der Waals surface area contributed by atoms with E-state index in [-0.39, 0.29) is 17.6 Å². The zero-order chi connectivity index (χ0) is 15.7. The summed E-state index contributed by atoms with van der Waals surface area (Å²) in [5.74, 6) is 3.86. The van der Waals surface area contributed by atoms with Crippen LogP contribution in [0.5, 0.6) is 0 Å². The number of fused-ring (bicyclic) bond motifs is 5. The van der Waals surface area contributed by atoms with Crippen LogP contribution in [-0.4, -0.2) is 22.4 Å². The second-order valence-corrected chi connectivity index (χ2v) is 9.77. The predicted molar refractivity (Wildman–Crippen MR) is 88.3 cm³/mol. The minimum Gasteiger partial charge on any atom is -0.393 e. The Kier molecular flexibility index (Phi) is 3.48. The van der Waals surface area contributed by atoms with Gasteiger partial charge in [0.1, 0.15) is 0 Å². The van der Waals surface area contributed by atoms with Crippen LogP contribution in [-0.2, 0) is 0 Å². The van der Waals surface area contributed by atoms with E-state index in [4.69, 9.17) is 0 Å². The molecule has 4 saturated carbocycles. The summed E-state index contributed by atoms with van der Waals surface area (Å²) in [5, 5.41) is 20.7. The maximum Gasteiger partial charge on any atom is 0.0596 e. The van der Waals surface area contributed by atoms with Crippen molar-refractivity contribution in [2.24, 2.45) is 40.4 Å². The van der Waals surface area contributed by atoms with Gasteiger partial charge in [0, 0.05) is 0 Å². The van der Waals surface area contributed by atoms with Crippen molar-refractivity contribution in [2.45, 2.75) is 84.3 Å². The van der Waals surface area contributed by atoms with Crippen LogP contribution in [0.1, 0.15) is 72.1 Å². The first-order chi connectivity index (χ1) is 10.4. The van der Waals surface area contributed by atoms with Gasteiger partial charge < -0.3 is 10.2 Å². The standard InChI is InChI=1S/C20H34O2/c1-12-10-14-15-4-5-18(22)20(15,3)9-7-16(14)19(2)8-6-13(21)11-17(12)19/h12-18,21-22H,4-11H2,1-3H3/t12-,13+,14-,15-,16-,17+,18-,19+,20-/m0/s1.